The third-order valence-corrected chi connectivity index (χ3v) is 1.76. The van der Waals surface area contributed by atoms with Gasteiger partial charge in [-0.3, -0.25) is 0 Å². The minimum absolute atomic E-state index is 0.611. The average Bonchev–Trinajstić information content (AvgIpc) is 1.60. The van der Waals surface area contributed by atoms with E-state index in [0.717, 1.165) is 19.3 Å². The molecule has 0 heterocycles. The Morgan fingerprint density at radius 2 is 2.12 bits per heavy atom. The zero-order valence-electron chi connectivity index (χ0n) is 4.68. The average molecular weight is 116 g/mol. The molecule has 1 fully saturated rings. The van der Waals surface area contributed by atoms with Crippen molar-refractivity contribution in [3.63, 3.8) is 0 Å². The summed E-state index contributed by atoms with van der Waals surface area (Å²) in [4.78, 5) is 10.2. The molecule has 1 saturated carbocycles. The van der Waals surface area contributed by atoms with E-state index >= 15 is 0 Å². The van der Waals surface area contributed by atoms with Crippen LogP contribution >= 0.6 is 0 Å². The standard InChI is InChI=1S/C5H9NO2/c6-5(4(7)8)2-1-3-5/h1-3,6H2,(H,7,8)/p+1. The fraction of sp³-hybridized carbons (Fsp3) is 0.800. The van der Waals surface area contributed by atoms with Crippen LogP contribution in [-0.4, -0.2) is 16.6 Å². The van der Waals surface area contributed by atoms with Crippen molar-refractivity contribution in [3.05, 3.63) is 0 Å². The predicted molar refractivity (Wildman–Crippen MR) is 27.1 cm³/mol. The van der Waals surface area contributed by atoms with Crippen molar-refractivity contribution in [2.24, 2.45) is 0 Å². The second kappa shape index (κ2) is 1.45. The summed E-state index contributed by atoms with van der Waals surface area (Å²) < 4.78 is 0. The van der Waals surface area contributed by atoms with E-state index < -0.39 is 11.5 Å². The molecule has 46 valence electrons. The van der Waals surface area contributed by atoms with Gasteiger partial charge in [0.15, 0.2) is 5.54 Å². The Balaban J connectivity index is 2.53. The largest absolute Gasteiger partial charge is 0.477 e. The SMILES string of the molecule is [NH3+]C1(C(=O)O)CCC1. The molecule has 3 nitrogen and oxygen atoms in total. The normalized spacial score (nSPS) is 24.1. The molecule has 0 atom stereocenters. The van der Waals surface area contributed by atoms with E-state index in [-0.39, 0.29) is 0 Å². The summed E-state index contributed by atoms with van der Waals surface area (Å²) in [6, 6.07) is 0. The highest BCUT2D eigenvalue weighted by atomic mass is 16.4. The summed E-state index contributed by atoms with van der Waals surface area (Å²) >= 11 is 0. The molecule has 8 heavy (non-hydrogen) atoms. The number of hydrogen-bond acceptors (Lipinski definition) is 1. The fourth-order valence-corrected chi connectivity index (χ4v) is 0.817. The van der Waals surface area contributed by atoms with Gasteiger partial charge in [0, 0.05) is 12.8 Å². The maximum atomic E-state index is 10.2. The smallest absolute Gasteiger partial charge is 0.365 e. The first kappa shape index (κ1) is 5.56. The van der Waals surface area contributed by atoms with Gasteiger partial charge in [0.1, 0.15) is 0 Å². The fourth-order valence-electron chi connectivity index (χ4n) is 0.817. The van der Waals surface area contributed by atoms with Crippen LogP contribution in [0, 0.1) is 0 Å². The molecule has 0 spiro atoms. The first-order valence-corrected chi connectivity index (χ1v) is 2.74. The number of carbonyl (C=O) groups is 1. The monoisotopic (exact) mass is 116 g/mol. The van der Waals surface area contributed by atoms with E-state index in [1.54, 1.807) is 0 Å². The molecule has 0 aromatic carbocycles. The van der Waals surface area contributed by atoms with Crippen molar-refractivity contribution in [2.45, 2.75) is 24.8 Å². The Bertz CT molecular complexity index is 118. The Hall–Kier alpha value is -0.570. The van der Waals surface area contributed by atoms with Crippen LogP contribution in [0.3, 0.4) is 0 Å². The summed E-state index contributed by atoms with van der Waals surface area (Å²) in [5, 5.41) is 8.43. The lowest BCUT2D eigenvalue weighted by Crippen LogP contribution is -2.79. The third kappa shape index (κ3) is 0.591. The minimum atomic E-state index is -0.747. The highest BCUT2D eigenvalue weighted by molar-refractivity contribution is 5.77. The van der Waals surface area contributed by atoms with Gasteiger partial charge < -0.3 is 10.8 Å². The van der Waals surface area contributed by atoms with Crippen molar-refractivity contribution >= 4 is 5.97 Å². The zero-order valence-corrected chi connectivity index (χ0v) is 4.68. The number of carboxylic acid groups (broad SMARTS) is 1. The van der Waals surface area contributed by atoms with Crippen molar-refractivity contribution in [3.8, 4) is 0 Å². The van der Waals surface area contributed by atoms with Crippen molar-refractivity contribution in [2.75, 3.05) is 0 Å². The molecule has 4 N–H and O–H groups in total. The molecule has 0 unspecified atom stereocenters. The lowest BCUT2D eigenvalue weighted by molar-refractivity contribution is -0.481. The molecule has 0 amide bonds. The van der Waals surface area contributed by atoms with Crippen molar-refractivity contribution in [1.29, 1.82) is 0 Å². The van der Waals surface area contributed by atoms with Gasteiger partial charge in [0.25, 0.3) is 0 Å². The molecule has 0 saturated heterocycles. The predicted octanol–water partition coefficient (Wildman–Crippen LogP) is -0.764. The van der Waals surface area contributed by atoms with Crippen LogP contribution in [0.25, 0.3) is 0 Å². The summed E-state index contributed by atoms with van der Waals surface area (Å²) in [5.41, 5.74) is 2.96. The lowest BCUT2D eigenvalue weighted by Gasteiger charge is -2.28. The van der Waals surface area contributed by atoms with Gasteiger partial charge in [-0.15, -0.1) is 0 Å². The molecule has 3 heteroatoms. The summed E-state index contributed by atoms with van der Waals surface area (Å²) in [6.45, 7) is 0. The van der Waals surface area contributed by atoms with Crippen LogP contribution in [0.5, 0.6) is 0 Å². The molecule has 0 aliphatic heterocycles. The second-order valence-corrected chi connectivity index (χ2v) is 2.44. The molecule has 1 aliphatic carbocycles. The summed E-state index contributed by atoms with van der Waals surface area (Å²) in [7, 11) is 0. The van der Waals surface area contributed by atoms with Crippen LogP contribution in [0.4, 0.5) is 0 Å². The van der Waals surface area contributed by atoms with E-state index in [9.17, 15) is 4.79 Å². The van der Waals surface area contributed by atoms with Gasteiger partial charge in [-0.25, -0.2) is 4.79 Å². The Morgan fingerprint density at radius 1 is 1.62 bits per heavy atom. The van der Waals surface area contributed by atoms with Gasteiger partial charge in [0.2, 0.25) is 0 Å². The van der Waals surface area contributed by atoms with Crippen molar-refractivity contribution < 1.29 is 15.6 Å². The second-order valence-electron chi connectivity index (χ2n) is 2.44. The number of rotatable bonds is 1. The van der Waals surface area contributed by atoms with Crippen LogP contribution in [-0.2, 0) is 4.79 Å². The Labute approximate surface area is 47.5 Å². The molecule has 0 bridgehead atoms. The van der Waals surface area contributed by atoms with Crippen LogP contribution in [0.15, 0.2) is 0 Å². The molecular weight excluding hydrogens is 106 g/mol. The van der Waals surface area contributed by atoms with E-state index in [2.05, 4.69) is 5.73 Å². The first-order valence-electron chi connectivity index (χ1n) is 2.74. The van der Waals surface area contributed by atoms with E-state index in [0.29, 0.717) is 0 Å². The van der Waals surface area contributed by atoms with Gasteiger partial charge in [-0.2, -0.15) is 0 Å². The van der Waals surface area contributed by atoms with Crippen molar-refractivity contribution in [1.82, 2.24) is 0 Å². The number of aliphatic carboxylic acids is 1. The molecule has 1 aliphatic rings. The van der Waals surface area contributed by atoms with E-state index in [4.69, 9.17) is 5.11 Å². The first-order chi connectivity index (χ1) is 3.65. The van der Waals surface area contributed by atoms with Gasteiger partial charge in [-0.1, -0.05) is 0 Å². The number of quaternary nitrogens is 1. The van der Waals surface area contributed by atoms with Gasteiger partial charge in [0.05, 0.1) is 0 Å². The highest BCUT2D eigenvalue weighted by Crippen LogP contribution is 2.26. The number of carboxylic acids is 1. The summed E-state index contributed by atoms with van der Waals surface area (Å²) in [6.07, 6.45) is 2.53. The minimum Gasteiger partial charge on any atom is -0.477 e. The molecular formula is C5H10NO2+. The quantitative estimate of drug-likeness (QED) is 0.472. The lowest BCUT2D eigenvalue weighted by atomic mass is 9.78. The van der Waals surface area contributed by atoms with E-state index in [1.165, 1.54) is 0 Å². The zero-order chi connectivity index (χ0) is 6.20. The number of hydrogen-bond donors (Lipinski definition) is 2. The van der Waals surface area contributed by atoms with Crippen LogP contribution in [0.1, 0.15) is 19.3 Å². The van der Waals surface area contributed by atoms with Crippen LogP contribution in [0.2, 0.25) is 0 Å². The molecule has 0 aromatic heterocycles. The molecule has 1 rings (SSSR count). The molecule has 0 radical (unpaired) electrons. The Kier molecular flexibility index (Phi) is 1.01. The molecule has 0 aromatic rings. The summed E-state index contributed by atoms with van der Waals surface area (Å²) in [5.74, 6) is -0.747. The topological polar surface area (TPSA) is 64.9 Å². The van der Waals surface area contributed by atoms with Crippen LogP contribution < -0.4 is 5.73 Å². The highest BCUT2D eigenvalue weighted by Gasteiger charge is 2.44. The van der Waals surface area contributed by atoms with Gasteiger partial charge >= 0.3 is 5.97 Å². The maximum absolute atomic E-state index is 10.2. The van der Waals surface area contributed by atoms with E-state index in [1.807, 2.05) is 0 Å². The maximum Gasteiger partial charge on any atom is 0.365 e. The third-order valence-electron chi connectivity index (χ3n) is 1.76. The Morgan fingerprint density at radius 3 is 2.12 bits per heavy atom. The van der Waals surface area contributed by atoms with Gasteiger partial charge in [-0.05, 0) is 6.42 Å².